The molecule has 0 spiro atoms. The van der Waals surface area contributed by atoms with E-state index in [0.717, 1.165) is 56.7 Å². The second kappa shape index (κ2) is 6.02. The van der Waals surface area contributed by atoms with Crippen LogP contribution >= 0.6 is 0 Å². The van der Waals surface area contributed by atoms with Gasteiger partial charge in [0.1, 0.15) is 11.6 Å². The van der Waals surface area contributed by atoms with E-state index in [1.807, 2.05) is 6.92 Å². The molecule has 132 valence electrons. The van der Waals surface area contributed by atoms with E-state index < -0.39 is 5.60 Å². The van der Waals surface area contributed by atoms with Crippen LogP contribution in [0.3, 0.4) is 0 Å². The number of aromatic nitrogens is 3. The lowest BCUT2D eigenvalue weighted by Gasteiger charge is -2.29. The summed E-state index contributed by atoms with van der Waals surface area (Å²) in [6, 6.07) is -0.166. The van der Waals surface area contributed by atoms with Gasteiger partial charge in [-0.3, -0.25) is 0 Å². The Kier molecular flexibility index (Phi) is 3.98. The summed E-state index contributed by atoms with van der Waals surface area (Å²) in [4.78, 5) is 12.1. The quantitative estimate of drug-likeness (QED) is 0.724. The summed E-state index contributed by atoms with van der Waals surface area (Å²) in [6.07, 6.45) is 6.32. The summed E-state index contributed by atoms with van der Waals surface area (Å²) < 4.78 is 2.15. The molecule has 0 saturated heterocycles. The predicted molar refractivity (Wildman–Crippen MR) is 88.4 cm³/mol. The van der Waals surface area contributed by atoms with Crippen LogP contribution in [0.25, 0.3) is 0 Å². The van der Waals surface area contributed by atoms with Gasteiger partial charge < -0.3 is 20.3 Å². The molecule has 2 aliphatic carbocycles. The van der Waals surface area contributed by atoms with E-state index in [9.17, 15) is 9.90 Å². The zero-order valence-electron chi connectivity index (χ0n) is 14.3. The maximum atomic E-state index is 12.1. The molecule has 1 unspecified atom stereocenters. The summed E-state index contributed by atoms with van der Waals surface area (Å²) in [5.41, 5.74) is -0.670. The zero-order valence-corrected chi connectivity index (χ0v) is 14.3. The molecule has 24 heavy (non-hydrogen) atoms. The van der Waals surface area contributed by atoms with Gasteiger partial charge >= 0.3 is 6.03 Å². The van der Waals surface area contributed by atoms with Gasteiger partial charge in [-0.2, -0.15) is 0 Å². The maximum Gasteiger partial charge on any atom is 0.314 e. The molecule has 3 aliphatic rings. The normalized spacial score (nSPS) is 23.7. The molecule has 1 atom stereocenters. The lowest BCUT2D eigenvalue weighted by Crippen LogP contribution is -2.50. The summed E-state index contributed by atoms with van der Waals surface area (Å²) in [6.45, 7) is 3.86. The fourth-order valence-electron chi connectivity index (χ4n) is 4.01. The van der Waals surface area contributed by atoms with Crippen LogP contribution in [0.1, 0.15) is 43.8 Å². The highest BCUT2D eigenvalue weighted by atomic mass is 16.3. The number of hydrogen-bond donors (Lipinski definition) is 3. The van der Waals surface area contributed by atoms with Crippen molar-refractivity contribution in [1.29, 1.82) is 0 Å². The molecule has 1 aromatic heterocycles. The van der Waals surface area contributed by atoms with Crippen molar-refractivity contribution in [2.75, 3.05) is 13.1 Å². The summed E-state index contributed by atoms with van der Waals surface area (Å²) in [5, 5.41) is 25.0. The van der Waals surface area contributed by atoms with Gasteiger partial charge in [-0.05, 0) is 56.8 Å². The summed E-state index contributed by atoms with van der Waals surface area (Å²) >= 11 is 0. The largest absolute Gasteiger partial charge is 0.387 e. The van der Waals surface area contributed by atoms with E-state index in [1.165, 1.54) is 0 Å². The molecular weight excluding hydrogens is 306 g/mol. The number of hydrogen-bond acceptors (Lipinski definition) is 4. The highest BCUT2D eigenvalue weighted by Gasteiger charge is 2.53. The van der Waals surface area contributed by atoms with Gasteiger partial charge in [0.2, 0.25) is 0 Å². The third-order valence-electron chi connectivity index (χ3n) is 5.88. The molecule has 7 nitrogen and oxygen atoms in total. The molecule has 4 rings (SSSR count). The smallest absolute Gasteiger partial charge is 0.314 e. The van der Waals surface area contributed by atoms with E-state index in [4.69, 9.17) is 0 Å². The van der Waals surface area contributed by atoms with Crippen molar-refractivity contribution in [2.24, 2.45) is 17.8 Å². The Bertz CT molecular complexity index is 608. The SMILES string of the molecule is Cc1nnc2n1CC(CNC(=O)NCC(O)(C1CC1)C1CC1)CC2. The first-order valence-corrected chi connectivity index (χ1v) is 9.19. The minimum Gasteiger partial charge on any atom is -0.387 e. The molecule has 0 bridgehead atoms. The number of aliphatic hydroxyl groups is 1. The lowest BCUT2D eigenvalue weighted by molar-refractivity contribution is -0.00153. The fourth-order valence-corrected chi connectivity index (χ4v) is 4.01. The first-order valence-electron chi connectivity index (χ1n) is 9.19. The molecule has 0 aromatic carbocycles. The standard InChI is InChI=1S/C17H27N5O2/c1-11-20-21-15-7-2-12(9-22(11)15)8-18-16(23)19-10-17(24,13-3-4-13)14-5-6-14/h12-14,24H,2-10H2,1H3,(H2,18,19,23). The molecule has 0 radical (unpaired) electrons. The molecule has 2 amide bonds. The Morgan fingerprint density at radius 1 is 1.21 bits per heavy atom. The third kappa shape index (κ3) is 3.14. The Hall–Kier alpha value is -1.63. The highest BCUT2D eigenvalue weighted by Crippen LogP contribution is 2.51. The monoisotopic (exact) mass is 333 g/mol. The molecule has 2 heterocycles. The van der Waals surface area contributed by atoms with Gasteiger partial charge in [-0.25, -0.2) is 4.79 Å². The Balaban J connectivity index is 1.23. The predicted octanol–water partition coefficient (Wildman–Crippen LogP) is 0.999. The van der Waals surface area contributed by atoms with Gasteiger partial charge in [-0.15, -0.1) is 10.2 Å². The number of carbonyl (C=O) groups is 1. The lowest BCUT2D eigenvalue weighted by atomic mass is 9.92. The molecule has 1 aliphatic heterocycles. The Morgan fingerprint density at radius 2 is 1.92 bits per heavy atom. The van der Waals surface area contributed by atoms with Crippen molar-refractivity contribution in [3.8, 4) is 0 Å². The molecular formula is C17H27N5O2. The zero-order chi connectivity index (χ0) is 16.7. The molecule has 3 N–H and O–H groups in total. The van der Waals surface area contributed by atoms with Crippen LogP contribution in [0.15, 0.2) is 0 Å². The van der Waals surface area contributed by atoms with Crippen LogP contribution in [-0.4, -0.2) is 44.6 Å². The number of carbonyl (C=O) groups excluding carboxylic acids is 1. The van der Waals surface area contributed by atoms with Crippen LogP contribution in [0, 0.1) is 24.7 Å². The van der Waals surface area contributed by atoms with E-state index in [2.05, 4.69) is 25.4 Å². The Morgan fingerprint density at radius 3 is 2.58 bits per heavy atom. The number of nitrogens with zero attached hydrogens (tertiary/aromatic N) is 3. The van der Waals surface area contributed by atoms with Crippen LogP contribution in [0.5, 0.6) is 0 Å². The van der Waals surface area contributed by atoms with Gasteiger partial charge in [0.15, 0.2) is 0 Å². The van der Waals surface area contributed by atoms with E-state index >= 15 is 0 Å². The van der Waals surface area contributed by atoms with Crippen LogP contribution in [0.2, 0.25) is 0 Å². The average Bonchev–Trinajstić information content (AvgIpc) is 3.47. The third-order valence-corrected chi connectivity index (χ3v) is 5.88. The van der Waals surface area contributed by atoms with Gasteiger partial charge in [0.25, 0.3) is 0 Å². The first kappa shape index (κ1) is 15.9. The summed E-state index contributed by atoms with van der Waals surface area (Å²) in [5.74, 6) is 3.17. The van der Waals surface area contributed by atoms with Gasteiger partial charge in [0, 0.05) is 26.1 Å². The minimum atomic E-state index is -0.670. The van der Waals surface area contributed by atoms with E-state index in [0.29, 0.717) is 30.8 Å². The van der Waals surface area contributed by atoms with Crippen LogP contribution < -0.4 is 10.6 Å². The fraction of sp³-hybridized carbons (Fsp3) is 0.824. The second-order valence-corrected chi connectivity index (χ2v) is 7.78. The Labute approximate surface area is 142 Å². The number of nitrogens with one attached hydrogen (secondary N) is 2. The van der Waals surface area contributed by atoms with Crippen molar-refractivity contribution in [3.63, 3.8) is 0 Å². The van der Waals surface area contributed by atoms with Crippen LogP contribution in [-0.2, 0) is 13.0 Å². The minimum absolute atomic E-state index is 0.166. The number of aryl methyl sites for hydroxylation is 2. The van der Waals surface area contributed by atoms with Crippen molar-refractivity contribution in [3.05, 3.63) is 11.6 Å². The summed E-state index contributed by atoms with van der Waals surface area (Å²) in [7, 11) is 0. The van der Waals surface area contributed by atoms with Crippen LogP contribution in [0.4, 0.5) is 4.79 Å². The van der Waals surface area contributed by atoms with Crippen molar-refractivity contribution >= 4 is 6.03 Å². The molecule has 2 fully saturated rings. The maximum absolute atomic E-state index is 12.1. The highest BCUT2D eigenvalue weighted by molar-refractivity contribution is 5.73. The number of rotatable bonds is 6. The number of fused-ring (bicyclic) bond motifs is 1. The second-order valence-electron chi connectivity index (χ2n) is 7.78. The van der Waals surface area contributed by atoms with Gasteiger partial charge in [0.05, 0.1) is 5.60 Å². The average molecular weight is 333 g/mol. The molecule has 7 heteroatoms. The molecule has 2 saturated carbocycles. The van der Waals surface area contributed by atoms with Crippen molar-refractivity contribution in [1.82, 2.24) is 25.4 Å². The number of urea groups is 1. The van der Waals surface area contributed by atoms with Crippen molar-refractivity contribution in [2.45, 2.75) is 57.6 Å². The van der Waals surface area contributed by atoms with Crippen molar-refractivity contribution < 1.29 is 9.90 Å². The van der Waals surface area contributed by atoms with E-state index in [-0.39, 0.29) is 6.03 Å². The first-order chi connectivity index (χ1) is 11.6. The van der Waals surface area contributed by atoms with E-state index in [1.54, 1.807) is 0 Å². The number of amides is 2. The topological polar surface area (TPSA) is 92.1 Å². The van der Waals surface area contributed by atoms with Gasteiger partial charge in [-0.1, -0.05) is 0 Å². The molecule has 1 aromatic rings.